The van der Waals surface area contributed by atoms with Crippen molar-refractivity contribution < 1.29 is 22.4 Å². The molecule has 5 nitrogen and oxygen atoms in total. The molecule has 4 aromatic carbocycles. The molecule has 5 rings (SSSR count). The quantitative estimate of drug-likeness (QED) is 0.153. The lowest BCUT2D eigenvalue weighted by Crippen LogP contribution is -2.23. The number of rotatable bonds is 8. The first-order valence-electron chi connectivity index (χ1n) is 12.6. The molecule has 0 fully saturated rings. The lowest BCUT2D eigenvalue weighted by Gasteiger charge is -2.14. The van der Waals surface area contributed by atoms with E-state index in [4.69, 9.17) is 0 Å². The van der Waals surface area contributed by atoms with Gasteiger partial charge < -0.3 is 5.32 Å². The van der Waals surface area contributed by atoms with E-state index in [0.29, 0.717) is 33.4 Å². The van der Waals surface area contributed by atoms with Crippen LogP contribution >= 0.6 is 11.8 Å². The van der Waals surface area contributed by atoms with Crippen LogP contribution in [0, 0.1) is 12.7 Å². The van der Waals surface area contributed by atoms with Crippen LogP contribution in [0.25, 0.3) is 17.1 Å². The molecular weight excluding hydrogens is 552 g/mol. The van der Waals surface area contributed by atoms with Crippen molar-refractivity contribution in [2.75, 3.05) is 0 Å². The topological polar surface area (TPSA) is 59.8 Å². The van der Waals surface area contributed by atoms with E-state index in [2.05, 4.69) is 15.5 Å². The van der Waals surface area contributed by atoms with Crippen LogP contribution < -0.4 is 5.32 Å². The minimum Gasteiger partial charge on any atom is -0.348 e. The first kappa shape index (κ1) is 28.1. The number of nitrogens with zero attached hydrogens (tertiary/aromatic N) is 3. The molecule has 1 aromatic heterocycles. The molecule has 1 heterocycles. The van der Waals surface area contributed by atoms with Crippen molar-refractivity contribution in [2.24, 2.45) is 0 Å². The molecule has 1 N–H and O–H groups in total. The Balaban J connectivity index is 1.43. The Morgan fingerprint density at radius 3 is 2.37 bits per heavy atom. The van der Waals surface area contributed by atoms with E-state index in [0.717, 1.165) is 23.3 Å². The number of alkyl halides is 3. The molecule has 0 saturated carbocycles. The first-order valence-corrected chi connectivity index (χ1v) is 13.6. The molecule has 0 bridgehead atoms. The monoisotopic (exact) mass is 576 g/mol. The summed E-state index contributed by atoms with van der Waals surface area (Å²) < 4.78 is 55.5. The highest BCUT2D eigenvalue weighted by atomic mass is 32.2. The van der Waals surface area contributed by atoms with Gasteiger partial charge in [0.1, 0.15) is 5.82 Å². The summed E-state index contributed by atoms with van der Waals surface area (Å²) in [6.07, 6.45) is -4.51. The van der Waals surface area contributed by atoms with Gasteiger partial charge in [0, 0.05) is 23.4 Å². The average Bonchev–Trinajstić information content (AvgIpc) is 3.40. The summed E-state index contributed by atoms with van der Waals surface area (Å²) in [6.45, 7) is 2.17. The molecule has 0 aliphatic heterocycles. The zero-order valence-electron chi connectivity index (χ0n) is 21.8. The van der Waals surface area contributed by atoms with Crippen LogP contribution in [-0.4, -0.2) is 20.7 Å². The van der Waals surface area contributed by atoms with Crippen LogP contribution in [0.1, 0.15) is 32.6 Å². The van der Waals surface area contributed by atoms with E-state index in [1.54, 1.807) is 34.9 Å². The summed E-state index contributed by atoms with van der Waals surface area (Å²) in [5, 5.41) is 11.9. The number of nitrogens with one attached hydrogen (secondary N) is 1. The fraction of sp³-hybridized carbons (Fsp3) is 0.129. The predicted molar refractivity (Wildman–Crippen MR) is 150 cm³/mol. The lowest BCUT2D eigenvalue weighted by atomic mass is 10.1. The highest BCUT2D eigenvalue weighted by Crippen LogP contribution is 2.34. The zero-order chi connectivity index (χ0) is 29.0. The number of aromatic nitrogens is 3. The van der Waals surface area contributed by atoms with Crippen LogP contribution in [0.15, 0.2) is 102 Å². The molecule has 0 spiro atoms. The number of benzene rings is 4. The third kappa shape index (κ3) is 6.66. The molecule has 0 aliphatic carbocycles. The van der Waals surface area contributed by atoms with E-state index in [9.17, 15) is 22.4 Å². The summed E-state index contributed by atoms with van der Waals surface area (Å²) in [7, 11) is 0. The maximum absolute atomic E-state index is 13.6. The van der Waals surface area contributed by atoms with Gasteiger partial charge in [0.2, 0.25) is 0 Å². The molecular formula is C31H24F4N4OS. The fourth-order valence-electron chi connectivity index (χ4n) is 4.20. The second-order valence-corrected chi connectivity index (χ2v) is 10.3. The van der Waals surface area contributed by atoms with Gasteiger partial charge in [-0.2, -0.15) is 13.2 Å². The summed E-state index contributed by atoms with van der Waals surface area (Å²) in [5.74, 6) is 0.0545. The Morgan fingerprint density at radius 1 is 0.902 bits per heavy atom. The Bertz CT molecular complexity index is 1670. The Morgan fingerprint density at radius 2 is 1.63 bits per heavy atom. The molecule has 5 aromatic rings. The molecule has 0 saturated heterocycles. The number of hydrogen-bond acceptors (Lipinski definition) is 4. The summed E-state index contributed by atoms with van der Waals surface area (Å²) in [4.78, 5) is 13.0. The van der Waals surface area contributed by atoms with Crippen molar-refractivity contribution in [3.63, 3.8) is 0 Å². The minimum absolute atomic E-state index is 0.227. The molecule has 0 unspecified atom stereocenters. The first-order chi connectivity index (χ1) is 19.7. The van der Waals surface area contributed by atoms with E-state index in [1.807, 2.05) is 43.3 Å². The third-order valence-electron chi connectivity index (χ3n) is 6.36. The smallest absolute Gasteiger partial charge is 0.348 e. The second-order valence-electron chi connectivity index (χ2n) is 9.31. The highest BCUT2D eigenvalue weighted by Gasteiger charge is 2.31. The summed E-state index contributed by atoms with van der Waals surface area (Å²) >= 11 is 1.26. The van der Waals surface area contributed by atoms with Crippen LogP contribution in [0.3, 0.4) is 0 Å². The number of thioether (sulfide) groups is 1. The fourth-order valence-corrected chi connectivity index (χ4v) is 5.15. The van der Waals surface area contributed by atoms with Crippen molar-refractivity contribution >= 4 is 17.7 Å². The number of aryl methyl sites for hydroxylation is 1. The predicted octanol–water partition coefficient (Wildman–Crippen LogP) is 7.62. The van der Waals surface area contributed by atoms with Crippen LogP contribution in [0.4, 0.5) is 17.6 Å². The van der Waals surface area contributed by atoms with E-state index >= 15 is 0 Å². The molecule has 208 valence electrons. The molecule has 1 amide bonds. The van der Waals surface area contributed by atoms with Crippen molar-refractivity contribution in [3.05, 3.63) is 131 Å². The zero-order valence-corrected chi connectivity index (χ0v) is 22.6. The Hall–Kier alpha value is -4.44. The van der Waals surface area contributed by atoms with Gasteiger partial charge in [-0.25, -0.2) is 4.39 Å². The molecule has 0 aliphatic rings. The van der Waals surface area contributed by atoms with E-state index < -0.39 is 11.7 Å². The van der Waals surface area contributed by atoms with Gasteiger partial charge in [0.05, 0.1) is 11.3 Å². The van der Waals surface area contributed by atoms with Gasteiger partial charge in [-0.05, 0) is 54.4 Å². The molecule has 41 heavy (non-hydrogen) atoms. The lowest BCUT2D eigenvalue weighted by molar-refractivity contribution is -0.137. The highest BCUT2D eigenvalue weighted by molar-refractivity contribution is 7.98. The minimum atomic E-state index is -4.51. The number of carbonyl (C=O) groups excluding carboxylic acids is 1. The van der Waals surface area contributed by atoms with E-state index in [1.165, 1.54) is 30.0 Å². The van der Waals surface area contributed by atoms with Crippen molar-refractivity contribution in [1.82, 2.24) is 20.1 Å². The van der Waals surface area contributed by atoms with Gasteiger partial charge in [-0.3, -0.25) is 9.36 Å². The van der Waals surface area contributed by atoms with Gasteiger partial charge in [-0.1, -0.05) is 78.0 Å². The van der Waals surface area contributed by atoms with Crippen LogP contribution in [0.5, 0.6) is 0 Å². The van der Waals surface area contributed by atoms with Crippen molar-refractivity contribution in [2.45, 2.75) is 30.6 Å². The van der Waals surface area contributed by atoms with Crippen molar-refractivity contribution in [3.8, 4) is 17.1 Å². The number of carbonyl (C=O) groups is 1. The van der Waals surface area contributed by atoms with Crippen molar-refractivity contribution in [1.29, 1.82) is 0 Å². The van der Waals surface area contributed by atoms with E-state index in [-0.39, 0.29) is 24.0 Å². The normalized spacial score (nSPS) is 11.4. The average molecular weight is 577 g/mol. The molecule has 10 heteroatoms. The number of hydrogen-bond donors (Lipinski definition) is 1. The molecule has 0 radical (unpaired) electrons. The number of amides is 1. The molecule has 0 atom stereocenters. The largest absolute Gasteiger partial charge is 0.416 e. The summed E-state index contributed by atoms with van der Waals surface area (Å²) in [5.41, 5.74) is 3.14. The van der Waals surface area contributed by atoms with Gasteiger partial charge in [0.25, 0.3) is 5.91 Å². The van der Waals surface area contributed by atoms with Crippen LogP contribution in [0.2, 0.25) is 0 Å². The maximum atomic E-state index is 13.6. The summed E-state index contributed by atoms with van der Waals surface area (Å²) in [6, 6.07) is 25.4. The third-order valence-corrected chi connectivity index (χ3v) is 7.34. The number of halogens is 4. The SMILES string of the molecule is Cc1ccc(-c2nnc(SCc3ccccc3C(=O)NCc3ccc(F)cc3)n2-c2cccc(C(F)(F)F)c2)cc1. The van der Waals surface area contributed by atoms with Gasteiger partial charge in [0.15, 0.2) is 11.0 Å². The second kappa shape index (κ2) is 12.0. The Kier molecular flexibility index (Phi) is 8.21. The van der Waals surface area contributed by atoms with Gasteiger partial charge >= 0.3 is 6.18 Å². The Labute approximate surface area is 238 Å². The van der Waals surface area contributed by atoms with Crippen LogP contribution in [-0.2, 0) is 18.5 Å². The standard InChI is InChI=1S/C31H24F4N4OS/c1-20-9-13-22(14-10-20)28-37-38-30(39(28)26-7-4-6-24(17-26)31(33,34)35)41-19-23-5-2-3-8-27(23)29(40)36-18-21-11-15-25(32)16-12-21/h2-17H,18-19H2,1H3,(H,36,40). The van der Waals surface area contributed by atoms with Gasteiger partial charge in [-0.15, -0.1) is 10.2 Å². The maximum Gasteiger partial charge on any atom is 0.416 e.